The van der Waals surface area contributed by atoms with Crippen molar-refractivity contribution < 1.29 is 18.5 Å². The molecule has 0 bridgehead atoms. The molecule has 0 saturated heterocycles. The molecule has 30 heavy (non-hydrogen) atoms. The quantitative estimate of drug-likeness (QED) is 0.563. The van der Waals surface area contributed by atoms with Gasteiger partial charge < -0.3 is 10.1 Å². The van der Waals surface area contributed by atoms with Crippen LogP contribution in [0.25, 0.3) is 0 Å². The van der Waals surface area contributed by atoms with Crippen molar-refractivity contribution in [1.82, 2.24) is 5.32 Å². The average molecular weight is 422 g/mol. The normalized spacial score (nSPS) is 12.6. The van der Waals surface area contributed by atoms with Gasteiger partial charge in [0.05, 0.1) is 27.3 Å². The summed E-state index contributed by atoms with van der Waals surface area (Å²) >= 11 is 0. The van der Waals surface area contributed by atoms with Gasteiger partial charge in [-0.05, 0) is 29.7 Å². The van der Waals surface area contributed by atoms with Crippen LogP contribution < -0.4 is 5.32 Å². The molecule has 154 valence electrons. The zero-order valence-corrected chi connectivity index (χ0v) is 17.4. The Morgan fingerprint density at radius 2 is 1.50 bits per heavy atom. The molecule has 3 aromatic carbocycles. The molecule has 3 rings (SSSR count). The third kappa shape index (κ3) is 5.87. The first kappa shape index (κ1) is 21.5. The smallest absolute Gasteiger partial charge is 0.339 e. The van der Waals surface area contributed by atoms with Crippen molar-refractivity contribution in [2.45, 2.75) is 17.4 Å². The van der Waals surface area contributed by atoms with E-state index in [-0.39, 0.29) is 11.6 Å². The summed E-state index contributed by atoms with van der Waals surface area (Å²) in [5, 5.41) is 2.95. The van der Waals surface area contributed by atoms with Crippen LogP contribution in [0.3, 0.4) is 0 Å². The molecule has 0 fully saturated rings. The van der Waals surface area contributed by atoms with Gasteiger partial charge in [0.15, 0.2) is 6.61 Å². The lowest BCUT2D eigenvalue weighted by Gasteiger charge is -2.19. The Morgan fingerprint density at radius 3 is 2.17 bits per heavy atom. The maximum Gasteiger partial charge on any atom is 0.339 e. The average Bonchev–Trinajstić information content (AvgIpc) is 2.78. The Hall–Kier alpha value is -3.25. The summed E-state index contributed by atoms with van der Waals surface area (Å²) in [4.78, 5) is 25.3. The topological polar surface area (TPSA) is 72.5 Å². The van der Waals surface area contributed by atoms with Crippen LogP contribution in [0, 0.1) is 0 Å². The molecule has 0 heterocycles. The summed E-state index contributed by atoms with van der Waals surface area (Å²) in [5.74, 6) is -1.07. The number of carbonyl (C=O) groups excluding carboxylic acids is 2. The molecule has 0 spiro atoms. The summed E-state index contributed by atoms with van der Waals surface area (Å²) in [6.07, 6.45) is 2.11. The van der Waals surface area contributed by atoms with Gasteiger partial charge >= 0.3 is 5.97 Å². The molecule has 0 unspecified atom stereocenters. The fraction of sp³-hybridized carbons (Fsp3) is 0.167. The van der Waals surface area contributed by atoms with E-state index in [1.54, 1.807) is 24.3 Å². The lowest BCUT2D eigenvalue weighted by Crippen LogP contribution is -2.33. The number of rotatable bonds is 8. The van der Waals surface area contributed by atoms with Crippen LogP contribution in [0.5, 0.6) is 0 Å². The predicted molar refractivity (Wildman–Crippen MR) is 117 cm³/mol. The second kappa shape index (κ2) is 10.5. The summed E-state index contributed by atoms with van der Waals surface area (Å²) in [5.41, 5.74) is 2.26. The van der Waals surface area contributed by atoms with Crippen molar-refractivity contribution >= 4 is 22.7 Å². The molecule has 0 aliphatic rings. The molecule has 0 aliphatic carbocycles. The number of esters is 1. The molecule has 2 atom stereocenters. The third-order valence-electron chi connectivity index (χ3n) is 4.57. The first-order valence-corrected chi connectivity index (χ1v) is 11.1. The fourth-order valence-corrected chi connectivity index (χ4v) is 3.85. The number of hydrogen-bond donors (Lipinski definition) is 1. The molecule has 0 radical (unpaired) electrons. The molecule has 3 aromatic rings. The van der Waals surface area contributed by atoms with Gasteiger partial charge in [0, 0.05) is 6.26 Å². The van der Waals surface area contributed by atoms with Gasteiger partial charge in [-0.25, -0.2) is 4.79 Å². The lowest BCUT2D eigenvalue weighted by atomic mass is 9.99. The second-order valence-corrected chi connectivity index (χ2v) is 8.09. The number of nitrogens with one attached hydrogen (secondary N) is 1. The van der Waals surface area contributed by atoms with Crippen molar-refractivity contribution in [3.8, 4) is 0 Å². The molecule has 6 heteroatoms. The van der Waals surface area contributed by atoms with E-state index in [4.69, 9.17) is 4.74 Å². The van der Waals surface area contributed by atoms with E-state index in [9.17, 15) is 13.8 Å². The monoisotopic (exact) mass is 421 g/mol. The van der Waals surface area contributed by atoms with E-state index < -0.39 is 29.3 Å². The minimum Gasteiger partial charge on any atom is -0.452 e. The number of benzene rings is 3. The Bertz CT molecular complexity index is 1020. The Morgan fingerprint density at radius 1 is 0.900 bits per heavy atom. The van der Waals surface area contributed by atoms with Gasteiger partial charge in [0.25, 0.3) is 5.91 Å². The molecular weight excluding hydrogens is 398 g/mol. The maximum atomic E-state index is 12.5. The Labute approximate surface area is 178 Å². The number of amides is 1. The SMILES string of the molecule is C[S@@](=O)c1ccccc1C(=O)OCC(=O)N[C@@H](Cc1ccccc1)c1ccccc1. The van der Waals surface area contributed by atoms with E-state index in [1.165, 1.54) is 6.26 Å². The number of ether oxygens (including phenoxy) is 1. The Kier molecular flexibility index (Phi) is 7.51. The zero-order valence-electron chi connectivity index (χ0n) is 16.6. The van der Waals surface area contributed by atoms with Crippen LogP contribution in [0.1, 0.15) is 27.5 Å². The zero-order chi connectivity index (χ0) is 21.3. The predicted octanol–water partition coefficient (Wildman–Crippen LogP) is 3.68. The number of carbonyl (C=O) groups is 2. The minimum atomic E-state index is -1.33. The van der Waals surface area contributed by atoms with E-state index in [1.807, 2.05) is 60.7 Å². The first-order chi connectivity index (χ1) is 14.5. The number of hydrogen-bond acceptors (Lipinski definition) is 4. The summed E-state index contributed by atoms with van der Waals surface area (Å²) in [6.45, 7) is -0.415. The van der Waals surface area contributed by atoms with Gasteiger partial charge in [-0.1, -0.05) is 72.8 Å². The van der Waals surface area contributed by atoms with Crippen LogP contribution >= 0.6 is 0 Å². The van der Waals surface area contributed by atoms with Gasteiger partial charge in [0.2, 0.25) is 0 Å². The minimum absolute atomic E-state index is 0.204. The molecule has 0 aliphatic heterocycles. The van der Waals surface area contributed by atoms with Crippen molar-refractivity contribution in [2.75, 3.05) is 12.9 Å². The highest BCUT2D eigenvalue weighted by Gasteiger charge is 2.19. The molecular formula is C24H23NO4S. The fourth-order valence-electron chi connectivity index (χ4n) is 3.12. The molecule has 0 aromatic heterocycles. The third-order valence-corrected chi connectivity index (χ3v) is 5.55. The Balaban J connectivity index is 1.66. The second-order valence-electron chi connectivity index (χ2n) is 6.75. The molecule has 5 nitrogen and oxygen atoms in total. The molecule has 1 amide bonds. The van der Waals surface area contributed by atoms with Crippen LogP contribution in [-0.4, -0.2) is 28.9 Å². The van der Waals surface area contributed by atoms with E-state index in [0.717, 1.165) is 11.1 Å². The maximum absolute atomic E-state index is 12.5. The van der Waals surface area contributed by atoms with Crippen molar-refractivity contribution in [1.29, 1.82) is 0 Å². The summed E-state index contributed by atoms with van der Waals surface area (Å²) in [7, 11) is -1.33. The van der Waals surface area contributed by atoms with E-state index >= 15 is 0 Å². The standard InChI is InChI=1S/C24H23NO4S/c1-30(28)22-15-9-8-14-20(22)24(27)29-17-23(26)25-21(19-12-6-3-7-13-19)16-18-10-4-2-5-11-18/h2-15,21H,16-17H2,1H3,(H,25,26)/t21-,30+/m0/s1. The van der Waals surface area contributed by atoms with Crippen LogP contribution in [0.2, 0.25) is 0 Å². The highest BCUT2D eigenvalue weighted by molar-refractivity contribution is 7.84. The largest absolute Gasteiger partial charge is 0.452 e. The van der Waals surface area contributed by atoms with E-state index in [2.05, 4.69) is 5.32 Å². The van der Waals surface area contributed by atoms with Gasteiger partial charge in [-0.3, -0.25) is 9.00 Å². The van der Waals surface area contributed by atoms with Crippen LogP contribution in [0.4, 0.5) is 0 Å². The van der Waals surface area contributed by atoms with E-state index in [0.29, 0.717) is 11.3 Å². The highest BCUT2D eigenvalue weighted by atomic mass is 32.2. The molecule has 0 saturated carbocycles. The van der Waals surface area contributed by atoms with Crippen LogP contribution in [0.15, 0.2) is 89.8 Å². The molecule has 1 N–H and O–H groups in total. The van der Waals surface area contributed by atoms with Gasteiger partial charge in [0.1, 0.15) is 0 Å². The summed E-state index contributed by atoms with van der Waals surface area (Å²) < 4.78 is 17.0. The van der Waals surface area contributed by atoms with Crippen molar-refractivity contribution in [2.24, 2.45) is 0 Å². The van der Waals surface area contributed by atoms with Gasteiger partial charge in [-0.2, -0.15) is 0 Å². The van der Waals surface area contributed by atoms with Crippen molar-refractivity contribution in [3.63, 3.8) is 0 Å². The van der Waals surface area contributed by atoms with Crippen molar-refractivity contribution in [3.05, 3.63) is 102 Å². The first-order valence-electron chi connectivity index (χ1n) is 9.52. The van der Waals surface area contributed by atoms with Crippen LogP contribution in [-0.2, 0) is 26.8 Å². The highest BCUT2D eigenvalue weighted by Crippen LogP contribution is 2.18. The van der Waals surface area contributed by atoms with Gasteiger partial charge in [-0.15, -0.1) is 0 Å². The lowest BCUT2D eigenvalue weighted by molar-refractivity contribution is -0.125. The summed E-state index contributed by atoms with van der Waals surface area (Å²) in [6, 6.07) is 25.8.